The Morgan fingerprint density at radius 3 is 2.70 bits per heavy atom. The van der Waals surface area contributed by atoms with Crippen LogP contribution in [-0.4, -0.2) is 0 Å². The average Bonchev–Trinajstić information content (AvgIpc) is 1.95. The highest BCUT2D eigenvalue weighted by Gasteiger charge is 1.98. The van der Waals surface area contributed by atoms with Crippen LogP contribution in [0.3, 0.4) is 0 Å². The lowest BCUT2D eigenvalue weighted by atomic mass is 10.3. The maximum absolute atomic E-state index is 12.5. The minimum absolute atomic E-state index is 0.0979. The molecule has 0 N–H and O–H groups in total. The van der Waals surface area contributed by atoms with Gasteiger partial charge in [-0.1, -0.05) is 0 Å². The molecule has 0 unspecified atom stereocenters. The van der Waals surface area contributed by atoms with Crippen molar-refractivity contribution in [2.45, 2.75) is 0 Å². The zero-order valence-corrected chi connectivity index (χ0v) is 6.43. The summed E-state index contributed by atoms with van der Waals surface area (Å²) in [6, 6.07) is 3.93. The second-order valence-corrected chi connectivity index (χ2v) is 2.54. The highest BCUT2D eigenvalue weighted by Crippen LogP contribution is 2.20. The molecule has 0 bridgehead atoms. The van der Waals surface area contributed by atoms with Crippen molar-refractivity contribution in [1.29, 1.82) is 0 Å². The van der Waals surface area contributed by atoms with E-state index in [0.29, 0.717) is 4.47 Å². The van der Waals surface area contributed by atoms with E-state index >= 15 is 0 Å². The number of benzene rings is 1. The number of rotatable bonds is 1. The predicted molar refractivity (Wildman–Crippen MR) is 39.6 cm³/mol. The van der Waals surface area contributed by atoms with E-state index in [1.807, 2.05) is 0 Å². The lowest BCUT2D eigenvalue weighted by Gasteiger charge is -1.91. The van der Waals surface area contributed by atoms with Gasteiger partial charge in [-0.3, -0.25) is 0 Å². The summed E-state index contributed by atoms with van der Waals surface area (Å²) in [6.45, 7) is 0. The van der Waals surface area contributed by atoms with E-state index in [2.05, 4.69) is 21.1 Å². The van der Waals surface area contributed by atoms with Crippen LogP contribution in [0, 0.1) is 10.7 Å². The third-order valence-electron chi connectivity index (χ3n) is 1.01. The molecule has 0 aromatic heterocycles. The molecule has 0 aliphatic heterocycles. The molecule has 0 radical (unpaired) electrons. The van der Waals surface area contributed by atoms with E-state index in [-0.39, 0.29) is 5.69 Å². The summed E-state index contributed by atoms with van der Waals surface area (Å²) >= 11 is 2.94. The van der Waals surface area contributed by atoms with Crippen molar-refractivity contribution in [3.05, 3.63) is 33.4 Å². The Hall–Kier alpha value is -0.770. The van der Waals surface area contributed by atoms with Crippen molar-refractivity contribution in [3.63, 3.8) is 0 Å². The molecular weight excluding hydrogens is 201 g/mol. The molecule has 4 heteroatoms. The number of halogens is 2. The van der Waals surface area contributed by atoms with Crippen LogP contribution < -0.4 is 0 Å². The van der Waals surface area contributed by atoms with Gasteiger partial charge in [-0.15, -0.1) is 4.91 Å². The minimum Gasteiger partial charge on any atom is -0.206 e. The van der Waals surface area contributed by atoms with Gasteiger partial charge in [0.25, 0.3) is 0 Å². The summed E-state index contributed by atoms with van der Waals surface area (Å²) in [4.78, 5) is 9.84. The van der Waals surface area contributed by atoms with Gasteiger partial charge in [-0.2, -0.15) is 0 Å². The van der Waals surface area contributed by atoms with Crippen molar-refractivity contribution < 1.29 is 4.39 Å². The first-order chi connectivity index (χ1) is 4.74. The fraction of sp³-hybridized carbons (Fsp3) is 0. The van der Waals surface area contributed by atoms with Crippen LogP contribution in [0.25, 0.3) is 0 Å². The average molecular weight is 204 g/mol. The molecule has 1 aromatic rings. The van der Waals surface area contributed by atoms with E-state index < -0.39 is 5.82 Å². The Bertz CT molecular complexity index is 264. The van der Waals surface area contributed by atoms with Gasteiger partial charge in [0.1, 0.15) is 11.5 Å². The van der Waals surface area contributed by atoms with Gasteiger partial charge in [0.2, 0.25) is 0 Å². The van der Waals surface area contributed by atoms with E-state index in [9.17, 15) is 9.30 Å². The van der Waals surface area contributed by atoms with Crippen LogP contribution in [0.4, 0.5) is 10.1 Å². The monoisotopic (exact) mass is 203 g/mol. The topological polar surface area (TPSA) is 29.4 Å². The lowest BCUT2D eigenvalue weighted by molar-refractivity contribution is 0.621. The van der Waals surface area contributed by atoms with Crippen LogP contribution in [-0.2, 0) is 0 Å². The third-order valence-corrected chi connectivity index (χ3v) is 1.65. The quantitative estimate of drug-likeness (QED) is 0.646. The van der Waals surface area contributed by atoms with Crippen molar-refractivity contribution in [1.82, 2.24) is 0 Å². The largest absolute Gasteiger partial charge is 0.206 e. The molecule has 0 atom stereocenters. The molecule has 52 valence electrons. The highest BCUT2D eigenvalue weighted by atomic mass is 79.9. The molecule has 0 heterocycles. The molecule has 0 aliphatic carbocycles. The van der Waals surface area contributed by atoms with Gasteiger partial charge in [-0.05, 0) is 33.2 Å². The normalized spacial score (nSPS) is 9.40. The highest BCUT2D eigenvalue weighted by molar-refractivity contribution is 9.10. The lowest BCUT2D eigenvalue weighted by Crippen LogP contribution is -1.73. The maximum atomic E-state index is 12.5. The number of hydrogen-bond donors (Lipinski definition) is 0. The Morgan fingerprint density at radius 1 is 1.50 bits per heavy atom. The zero-order valence-electron chi connectivity index (χ0n) is 4.84. The number of nitrogens with zero attached hydrogens (tertiary/aromatic N) is 1. The van der Waals surface area contributed by atoms with Gasteiger partial charge in [-0.25, -0.2) is 4.39 Å². The van der Waals surface area contributed by atoms with E-state index in [0.717, 1.165) is 6.07 Å². The first-order valence-electron chi connectivity index (χ1n) is 2.52. The Balaban J connectivity index is 3.16. The second-order valence-electron chi connectivity index (χ2n) is 1.69. The first-order valence-corrected chi connectivity index (χ1v) is 3.32. The van der Waals surface area contributed by atoms with E-state index in [4.69, 9.17) is 0 Å². The van der Waals surface area contributed by atoms with Gasteiger partial charge in [0.05, 0.1) is 4.47 Å². The van der Waals surface area contributed by atoms with Crippen molar-refractivity contribution in [2.75, 3.05) is 0 Å². The first kappa shape index (κ1) is 7.34. The summed E-state index contributed by atoms with van der Waals surface area (Å²) in [5, 5.41) is 2.56. The SMILES string of the molecule is O=Nc1ccc(Br)c(F)c1. The van der Waals surface area contributed by atoms with Crippen molar-refractivity contribution in [2.24, 2.45) is 5.18 Å². The van der Waals surface area contributed by atoms with E-state index in [1.54, 1.807) is 0 Å². The standard InChI is InChI=1S/C6H3BrFNO/c7-5-2-1-4(9-10)3-6(5)8/h1-3H. The van der Waals surface area contributed by atoms with Crippen molar-refractivity contribution in [3.8, 4) is 0 Å². The Morgan fingerprint density at radius 2 is 2.20 bits per heavy atom. The third kappa shape index (κ3) is 1.39. The fourth-order valence-electron chi connectivity index (χ4n) is 0.542. The molecule has 0 amide bonds. The smallest absolute Gasteiger partial charge is 0.139 e. The van der Waals surface area contributed by atoms with Crippen LogP contribution in [0.5, 0.6) is 0 Å². The molecule has 0 aliphatic rings. The zero-order chi connectivity index (χ0) is 7.56. The molecule has 0 saturated heterocycles. The minimum atomic E-state index is -0.475. The van der Waals surface area contributed by atoms with Gasteiger partial charge in [0, 0.05) is 6.07 Å². The molecule has 0 saturated carbocycles. The summed E-state index contributed by atoms with van der Waals surface area (Å²) in [6.07, 6.45) is 0. The van der Waals surface area contributed by atoms with E-state index in [1.165, 1.54) is 12.1 Å². The summed E-state index contributed by atoms with van der Waals surface area (Å²) in [5.74, 6) is -0.475. The van der Waals surface area contributed by atoms with Gasteiger partial charge in [0.15, 0.2) is 0 Å². The number of hydrogen-bond acceptors (Lipinski definition) is 2. The fourth-order valence-corrected chi connectivity index (χ4v) is 0.788. The summed E-state index contributed by atoms with van der Waals surface area (Å²) < 4.78 is 12.9. The Kier molecular flexibility index (Phi) is 2.11. The van der Waals surface area contributed by atoms with Crippen LogP contribution in [0.2, 0.25) is 0 Å². The van der Waals surface area contributed by atoms with Crippen LogP contribution >= 0.6 is 15.9 Å². The molecule has 2 nitrogen and oxygen atoms in total. The summed E-state index contributed by atoms with van der Waals surface area (Å²) in [7, 11) is 0. The second kappa shape index (κ2) is 2.88. The molecule has 0 spiro atoms. The Labute approximate surface area is 65.2 Å². The molecule has 1 rings (SSSR count). The molecule has 1 aromatic carbocycles. The molecule has 0 fully saturated rings. The summed E-state index contributed by atoms with van der Waals surface area (Å²) in [5.41, 5.74) is 0.0979. The predicted octanol–water partition coefficient (Wildman–Crippen LogP) is 2.99. The molecular formula is C6H3BrFNO. The van der Waals surface area contributed by atoms with Crippen LogP contribution in [0.1, 0.15) is 0 Å². The van der Waals surface area contributed by atoms with Gasteiger partial charge < -0.3 is 0 Å². The molecule has 10 heavy (non-hydrogen) atoms. The van der Waals surface area contributed by atoms with Crippen LogP contribution in [0.15, 0.2) is 27.8 Å². The number of nitroso groups, excluding NO2 is 1. The maximum Gasteiger partial charge on any atom is 0.139 e. The van der Waals surface area contributed by atoms with Crippen molar-refractivity contribution >= 4 is 21.6 Å². The van der Waals surface area contributed by atoms with Gasteiger partial charge >= 0.3 is 0 Å².